The number of aromatic nitrogens is 1. The van der Waals surface area contributed by atoms with Crippen molar-refractivity contribution >= 4 is 24.0 Å². The number of hydrogen-bond donors (Lipinski definition) is 3. The van der Waals surface area contributed by atoms with E-state index >= 15 is 0 Å². The van der Waals surface area contributed by atoms with E-state index in [2.05, 4.69) is 11.6 Å². The van der Waals surface area contributed by atoms with Gasteiger partial charge < -0.3 is 20.1 Å². The standard InChI is InChI=1S/C21H29N5O3.C2H6/c1-5-15(2)9-10-18(21(27)28-4)29-13-16(3)11-12-26(14-22)20(24)17-7-6-8-19(23)25-17;1-2/h5-10,14,16,22,24H,1,11-13H2,2-4H3,(H2,23,25);1-2H3/b15-9-,18-10+,22-14?,24-20?;. The first-order valence-electron chi connectivity index (χ1n) is 10.1. The van der Waals surface area contributed by atoms with Crippen LogP contribution in [0.3, 0.4) is 0 Å². The number of ether oxygens (including phenoxy) is 2. The van der Waals surface area contributed by atoms with Crippen LogP contribution in [-0.4, -0.2) is 48.3 Å². The molecule has 8 nitrogen and oxygen atoms in total. The van der Waals surface area contributed by atoms with Gasteiger partial charge in [0.15, 0.2) is 5.84 Å². The number of anilines is 1. The number of amidine groups is 1. The Labute approximate surface area is 185 Å². The van der Waals surface area contributed by atoms with E-state index in [0.717, 1.165) is 11.9 Å². The Kier molecular flexibility index (Phi) is 13.7. The Morgan fingerprint density at radius 2 is 2.03 bits per heavy atom. The minimum absolute atomic E-state index is 0.0663. The van der Waals surface area contributed by atoms with Crippen molar-refractivity contribution in [1.82, 2.24) is 9.88 Å². The summed E-state index contributed by atoms with van der Waals surface area (Å²) in [5.74, 6) is 0.0427. The summed E-state index contributed by atoms with van der Waals surface area (Å²) in [6, 6.07) is 5.03. The maximum absolute atomic E-state index is 11.9. The molecule has 1 atom stereocenters. The molecule has 1 aromatic rings. The average Bonchev–Trinajstić information content (AvgIpc) is 2.79. The second-order valence-electron chi connectivity index (χ2n) is 6.46. The molecule has 0 aliphatic carbocycles. The van der Waals surface area contributed by atoms with Gasteiger partial charge in [-0.2, -0.15) is 0 Å². The SMILES string of the molecule is C=C/C(C)=C\C=C(\OCC(C)CCN(C=N)C(=N)c1cccc(N)n1)C(=O)OC.CC. The van der Waals surface area contributed by atoms with Crippen molar-refractivity contribution in [2.75, 3.05) is 26.0 Å². The summed E-state index contributed by atoms with van der Waals surface area (Å²) in [4.78, 5) is 17.4. The molecule has 1 heterocycles. The Balaban J connectivity index is 0.00000436. The number of carbonyl (C=O) groups excluding carboxylic acids is 1. The third-order valence-electron chi connectivity index (χ3n) is 4.05. The molecule has 0 aliphatic heterocycles. The largest absolute Gasteiger partial charge is 0.486 e. The zero-order chi connectivity index (χ0) is 23.8. The highest BCUT2D eigenvalue weighted by Crippen LogP contribution is 2.11. The fourth-order valence-corrected chi connectivity index (χ4v) is 2.20. The minimum atomic E-state index is -0.555. The van der Waals surface area contributed by atoms with Crippen LogP contribution in [0.25, 0.3) is 0 Å². The number of allylic oxidation sites excluding steroid dienone is 4. The molecule has 4 N–H and O–H groups in total. The third kappa shape index (κ3) is 10.3. The molecular weight excluding hydrogens is 394 g/mol. The zero-order valence-electron chi connectivity index (χ0n) is 19.1. The molecule has 0 bridgehead atoms. The molecule has 1 unspecified atom stereocenters. The van der Waals surface area contributed by atoms with Crippen LogP contribution >= 0.6 is 0 Å². The third-order valence-corrected chi connectivity index (χ3v) is 4.05. The van der Waals surface area contributed by atoms with Gasteiger partial charge in [0.1, 0.15) is 11.5 Å². The number of nitrogens with two attached hydrogens (primary N) is 1. The fraction of sp³-hybridized carbons (Fsp3) is 0.391. The molecule has 0 aliphatic rings. The molecule has 0 saturated heterocycles. The van der Waals surface area contributed by atoms with E-state index in [1.165, 1.54) is 12.0 Å². The number of methoxy groups -OCH3 is 1. The second-order valence-corrected chi connectivity index (χ2v) is 6.46. The van der Waals surface area contributed by atoms with E-state index in [9.17, 15) is 4.79 Å². The zero-order valence-corrected chi connectivity index (χ0v) is 19.1. The van der Waals surface area contributed by atoms with Crippen LogP contribution in [0.5, 0.6) is 0 Å². The lowest BCUT2D eigenvalue weighted by Gasteiger charge is -2.21. The predicted octanol–water partition coefficient (Wildman–Crippen LogP) is 4.16. The number of nitrogens with one attached hydrogen (secondary N) is 2. The number of pyridine rings is 1. The van der Waals surface area contributed by atoms with Crippen LogP contribution in [0, 0.1) is 16.7 Å². The van der Waals surface area contributed by atoms with Gasteiger partial charge >= 0.3 is 5.97 Å². The van der Waals surface area contributed by atoms with Crippen LogP contribution in [0.15, 0.2) is 54.3 Å². The summed E-state index contributed by atoms with van der Waals surface area (Å²) < 4.78 is 10.4. The summed E-state index contributed by atoms with van der Waals surface area (Å²) in [5.41, 5.74) is 6.95. The first-order valence-corrected chi connectivity index (χ1v) is 10.1. The van der Waals surface area contributed by atoms with Gasteiger partial charge in [-0.15, -0.1) is 0 Å². The molecule has 0 radical (unpaired) electrons. The van der Waals surface area contributed by atoms with Crippen molar-refractivity contribution in [3.8, 4) is 0 Å². The van der Waals surface area contributed by atoms with Crippen LogP contribution in [0.4, 0.5) is 5.82 Å². The Bertz CT molecular complexity index is 802. The summed E-state index contributed by atoms with van der Waals surface area (Å²) in [5, 5.41) is 15.8. The van der Waals surface area contributed by atoms with E-state index < -0.39 is 5.97 Å². The lowest BCUT2D eigenvalue weighted by Crippen LogP contribution is -2.32. The quantitative estimate of drug-likeness (QED) is 0.121. The van der Waals surface area contributed by atoms with E-state index in [1.807, 2.05) is 27.7 Å². The molecular formula is C23H35N5O3. The Hall–Kier alpha value is -3.42. The highest BCUT2D eigenvalue weighted by molar-refractivity contribution is 6.00. The number of nitrogen functional groups attached to an aromatic ring is 1. The number of nitrogens with zero attached hydrogens (tertiary/aromatic N) is 2. The van der Waals surface area contributed by atoms with Gasteiger partial charge in [-0.3, -0.25) is 10.8 Å². The van der Waals surface area contributed by atoms with Crippen molar-refractivity contribution in [2.45, 2.75) is 34.1 Å². The average molecular weight is 430 g/mol. The normalized spacial score (nSPS) is 12.0. The van der Waals surface area contributed by atoms with Gasteiger partial charge in [0.25, 0.3) is 0 Å². The van der Waals surface area contributed by atoms with Crippen LogP contribution in [0.2, 0.25) is 0 Å². The van der Waals surface area contributed by atoms with Gasteiger partial charge in [0.2, 0.25) is 5.76 Å². The number of carbonyl (C=O) groups is 1. The van der Waals surface area contributed by atoms with E-state index in [1.54, 1.807) is 36.4 Å². The van der Waals surface area contributed by atoms with Crippen LogP contribution < -0.4 is 5.73 Å². The summed E-state index contributed by atoms with van der Waals surface area (Å²) in [6.45, 7) is 12.2. The molecule has 1 aromatic heterocycles. The first kappa shape index (κ1) is 27.6. The van der Waals surface area contributed by atoms with E-state index in [0.29, 0.717) is 24.5 Å². The molecule has 0 saturated carbocycles. The lowest BCUT2D eigenvalue weighted by molar-refractivity contribution is -0.140. The molecule has 8 heteroatoms. The lowest BCUT2D eigenvalue weighted by atomic mass is 10.1. The van der Waals surface area contributed by atoms with Gasteiger partial charge in [-0.25, -0.2) is 9.78 Å². The molecule has 170 valence electrons. The van der Waals surface area contributed by atoms with Crippen LogP contribution in [-0.2, 0) is 14.3 Å². The minimum Gasteiger partial charge on any atom is -0.486 e. The molecule has 31 heavy (non-hydrogen) atoms. The van der Waals surface area contributed by atoms with Crippen molar-refractivity contribution in [3.05, 3.63) is 60.0 Å². The van der Waals surface area contributed by atoms with Crippen molar-refractivity contribution in [2.24, 2.45) is 5.92 Å². The predicted molar refractivity (Wildman–Crippen MR) is 126 cm³/mol. The topological polar surface area (TPSA) is 125 Å². The number of hydrogen-bond acceptors (Lipinski definition) is 7. The molecule has 0 amide bonds. The first-order chi connectivity index (χ1) is 14.8. The Morgan fingerprint density at radius 1 is 1.35 bits per heavy atom. The van der Waals surface area contributed by atoms with Crippen molar-refractivity contribution in [3.63, 3.8) is 0 Å². The highest BCUT2D eigenvalue weighted by Gasteiger charge is 2.15. The Morgan fingerprint density at radius 3 is 2.58 bits per heavy atom. The van der Waals surface area contributed by atoms with E-state index in [4.69, 9.17) is 26.0 Å². The highest BCUT2D eigenvalue weighted by atomic mass is 16.6. The van der Waals surface area contributed by atoms with Gasteiger partial charge in [-0.1, -0.05) is 51.1 Å². The van der Waals surface area contributed by atoms with Gasteiger partial charge in [-0.05, 0) is 37.5 Å². The van der Waals surface area contributed by atoms with Crippen molar-refractivity contribution in [1.29, 1.82) is 10.8 Å². The van der Waals surface area contributed by atoms with Gasteiger partial charge in [0.05, 0.1) is 20.1 Å². The maximum Gasteiger partial charge on any atom is 0.373 e. The van der Waals surface area contributed by atoms with Gasteiger partial charge in [0, 0.05) is 6.54 Å². The fourth-order valence-electron chi connectivity index (χ4n) is 2.20. The summed E-state index contributed by atoms with van der Waals surface area (Å²) >= 11 is 0. The van der Waals surface area contributed by atoms with Crippen LogP contribution in [0.1, 0.15) is 39.8 Å². The maximum atomic E-state index is 11.9. The monoisotopic (exact) mass is 429 g/mol. The second kappa shape index (κ2) is 15.4. The summed E-state index contributed by atoms with van der Waals surface area (Å²) in [6.07, 6.45) is 6.67. The molecule has 0 fully saturated rings. The molecule has 0 spiro atoms. The number of rotatable bonds is 11. The smallest absolute Gasteiger partial charge is 0.373 e. The molecule has 0 aromatic carbocycles. The van der Waals surface area contributed by atoms with E-state index in [-0.39, 0.29) is 24.1 Å². The van der Waals surface area contributed by atoms with Crippen molar-refractivity contribution < 1.29 is 14.3 Å². The molecule has 1 rings (SSSR count). The number of esters is 1. The summed E-state index contributed by atoms with van der Waals surface area (Å²) in [7, 11) is 1.30.